The van der Waals surface area contributed by atoms with Gasteiger partial charge in [-0.2, -0.15) is 0 Å². The fourth-order valence-corrected chi connectivity index (χ4v) is 2.71. The van der Waals surface area contributed by atoms with Crippen molar-refractivity contribution in [2.24, 2.45) is 0 Å². The maximum absolute atomic E-state index is 12.7. The molecular formula is C16H13BrN2O3. The lowest BCUT2D eigenvalue weighted by molar-refractivity contribution is 0.412. The van der Waals surface area contributed by atoms with Gasteiger partial charge in [-0.3, -0.25) is 9.20 Å². The third kappa shape index (κ3) is 2.25. The van der Waals surface area contributed by atoms with Gasteiger partial charge in [0.05, 0.1) is 24.5 Å². The number of ether oxygens (including phenoxy) is 1. The summed E-state index contributed by atoms with van der Waals surface area (Å²) in [7, 11) is 1.53. The van der Waals surface area contributed by atoms with Crippen LogP contribution in [0.1, 0.15) is 5.56 Å². The molecule has 1 aromatic carbocycles. The summed E-state index contributed by atoms with van der Waals surface area (Å²) in [5.74, 6) is 0.547. The average Bonchev–Trinajstić information content (AvgIpc) is 2.51. The first-order valence-electron chi connectivity index (χ1n) is 6.61. The van der Waals surface area contributed by atoms with Crippen LogP contribution in [-0.2, 0) is 0 Å². The average molecular weight is 361 g/mol. The number of fused-ring (bicyclic) bond motifs is 1. The molecule has 0 saturated heterocycles. The van der Waals surface area contributed by atoms with Gasteiger partial charge in [0.1, 0.15) is 5.75 Å². The molecule has 2 heterocycles. The number of methoxy groups -OCH3 is 1. The second kappa shape index (κ2) is 5.46. The van der Waals surface area contributed by atoms with Crippen molar-refractivity contribution in [2.45, 2.75) is 6.92 Å². The van der Waals surface area contributed by atoms with Crippen molar-refractivity contribution in [3.63, 3.8) is 0 Å². The van der Waals surface area contributed by atoms with Crippen LogP contribution in [0.15, 0.2) is 56.7 Å². The quantitative estimate of drug-likeness (QED) is 0.705. The molecule has 5 nitrogen and oxygen atoms in total. The Morgan fingerprint density at radius 2 is 1.91 bits per heavy atom. The lowest BCUT2D eigenvalue weighted by Gasteiger charge is -2.11. The zero-order valence-corrected chi connectivity index (χ0v) is 13.6. The monoisotopic (exact) mass is 360 g/mol. The van der Waals surface area contributed by atoms with Crippen LogP contribution in [0.2, 0.25) is 0 Å². The molecule has 0 amide bonds. The molecule has 3 aromatic rings. The van der Waals surface area contributed by atoms with E-state index in [4.69, 9.17) is 4.74 Å². The van der Waals surface area contributed by atoms with E-state index in [1.165, 1.54) is 17.6 Å². The largest absolute Gasteiger partial charge is 0.495 e. The normalized spacial score (nSPS) is 10.9. The third-order valence-electron chi connectivity index (χ3n) is 3.56. The maximum Gasteiger partial charge on any atom is 0.340 e. The first kappa shape index (κ1) is 14.6. The van der Waals surface area contributed by atoms with Gasteiger partial charge in [-0.1, -0.05) is 22.0 Å². The number of pyridine rings is 1. The Kier molecular flexibility index (Phi) is 3.62. The smallest absolute Gasteiger partial charge is 0.340 e. The summed E-state index contributed by atoms with van der Waals surface area (Å²) < 4.78 is 8.54. The highest BCUT2D eigenvalue weighted by Gasteiger charge is 2.12. The molecule has 3 rings (SSSR count). The molecule has 0 bridgehead atoms. The molecule has 0 saturated carbocycles. The van der Waals surface area contributed by atoms with Crippen LogP contribution in [0.5, 0.6) is 5.75 Å². The minimum absolute atomic E-state index is 0.364. The number of halogens is 1. The Morgan fingerprint density at radius 1 is 1.14 bits per heavy atom. The number of hydrogen-bond donors (Lipinski definition) is 0. The zero-order chi connectivity index (χ0) is 15.9. The van der Waals surface area contributed by atoms with Crippen LogP contribution < -0.4 is 16.0 Å². The van der Waals surface area contributed by atoms with Crippen LogP contribution in [-0.4, -0.2) is 16.1 Å². The second-order valence-corrected chi connectivity index (χ2v) is 5.70. The van der Waals surface area contributed by atoms with E-state index in [0.717, 1.165) is 14.6 Å². The van der Waals surface area contributed by atoms with Crippen molar-refractivity contribution < 1.29 is 4.74 Å². The fourth-order valence-electron chi connectivity index (χ4n) is 2.35. The van der Waals surface area contributed by atoms with E-state index in [0.29, 0.717) is 17.0 Å². The molecule has 0 aliphatic heterocycles. The SMILES string of the molecule is COc1ccc2cc(=O)n(-c3cccc(Br)c3C)c(=O)n2c1. The number of aromatic nitrogens is 2. The van der Waals surface area contributed by atoms with Crippen molar-refractivity contribution >= 4 is 21.4 Å². The van der Waals surface area contributed by atoms with Gasteiger partial charge in [0.25, 0.3) is 5.56 Å². The first-order valence-corrected chi connectivity index (χ1v) is 7.40. The van der Waals surface area contributed by atoms with Crippen LogP contribution >= 0.6 is 15.9 Å². The van der Waals surface area contributed by atoms with E-state index in [1.54, 1.807) is 30.5 Å². The lowest BCUT2D eigenvalue weighted by Crippen LogP contribution is -2.36. The molecule has 0 atom stereocenters. The molecular weight excluding hydrogens is 348 g/mol. The Morgan fingerprint density at radius 3 is 2.64 bits per heavy atom. The van der Waals surface area contributed by atoms with Gasteiger partial charge in [0.15, 0.2) is 0 Å². The Bertz CT molecular complexity index is 989. The van der Waals surface area contributed by atoms with Gasteiger partial charge >= 0.3 is 5.69 Å². The maximum atomic E-state index is 12.7. The van der Waals surface area contributed by atoms with Gasteiger partial charge in [0, 0.05) is 10.5 Å². The molecule has 112 valence electrons. The Labute approximate surface area is 134 Å². The van der Waals surface area contributed by atoms with Crippen LogP contribution in [0.4, 0.5) is 0 Å². The summed E-state index contributed by atoms with van der Waals surface area (Å²) in [6, 6.07) is 10.2. The van der Waals surface area contributed by atoms with Crippen molar-refractivity contribution in [1.82, 2.24) is 8.97 Å². The summed E-state index contributed by atoms with van der Waals surface area (Å²) >= 11 is 3.42. The van der Waals surface area contributed by atoms with Crippen LogP contribution in [0, 0.1) is 6.92 Å². The van der Waals surface area contributed by atoms with Gasteiger partial charge < -0.3 is 4.74 Å². The number of rotatable bonds is 2. The standard InChI is InChI=1S/C16H13BrN2O3/c1-10-13(17)4-3-5-14(10)19-15(20)8-11-6-7-12(22-2)9-18(11)16(19)21/h3-9H,1-2H3. The number of benzene rings is 1. The summed E-state index contributed by atoms with van der Waals surface area (Å²) in [4.78, 5) is 25.1. The zero-order valence-electron chi connectivity index (χ0n) is 12.0. The van der Waals surface area contributed by atoms with Crippen molar-refractivity contribution in [3.05, 3.63) is 73.5 Å². The van der Waals surface area contributed by atoms with Gasteiger partial charge in [0.2, 0.25) is 0 Å². The molecule has 0 N–H and O–H groups in total. The number of hydrogen-bond acceptors (Lipinski definition) is 3. The molecule has 2 aromatic heterocycles. The van der Waals surface area contributed by atoms with Crippen molar-refractivity contribution in [3.8, 4) is 11.4 Å². The molecule has 0 radical (unpaired) electrons. The highest BCUT2D eigenvalue weighted by atomic mass is 79.9. The van der Waals surface area contributed by atoms with E-state index >= 15 is 0 Å². The molecule has 0 unspecified atom stereocenters. The van der Waals surface area contributed by atoms with Gasteiger partial charge in [-0.25, -0.2) is 9.36 Å². The molecule has 0 fully saturated rings. The molecule has 22 heavy (non-hydrogen) atoms. The summed E-state index contributed by atoms with van der Waals surface area (Å²) in [6.07, 6.45) is 1.57. The van der Waals surface area contributed by atoms with E-state index in [1.807, 2.05) is 13.0 Å². The lowest BCUT2D eigenvalue weighted by atomic mass is 10.2. The van der Waals surface area contributed by atoms with E-state index < -0.39 is 5.69 Å². The second-order valence-electron chi connectivity index (χ2n) is 4.85. The minimum atomic E-state index is -0.428. The van der Waals surface area contributed by atoms with Crippen molar-refractivity contribution in [2.75, 3.05) is 7.11 Å². The van der Waals surface area contributed by atoms with E-state index in [2.05, 4.69) is 15.9 Å². The predicted molar refractivity (Wildman–Crippen MR) is 88.3 cm³/mol. The topological polar surface area (TPSA) is 52.7 Å². The van der Waals surface area contributed by atoms with Gasteiger partial charge in [-0.05, 0) is 36.8 Å². The first-order chi connectivity index (χ1) is 10.5. The Hall–Kier alpha value is -2.34. The summed E-state index contributed by atoms with van der Waals surface area (Å²) in [5.41, 5.74) is 1.12. The van der Waals surface area contributed by atoms with Crippen LogP contribution in [0.25, 0.3) is 11.2 Å². The predicted octanol–water partition coefficient (Wildman–Crippen LogP) is 2.53. The minimum Gasteiger partial charge on any atom is -0.495 e. The fraction of sp³-hybridized carbons (Fsp3) is 0.125. The molecule has 0 spiro atoms. The van der Waals surface area contributed by atoms with E-state index in [9.17, 15) is 9.59 Å². The van der Waals surface area contributed by atoms with Crippen LogP contribution in [0.3, 0.4) is 0 Å². The molecule has 0 aliphatic rings. The highest BCUT2D eigenvalue weighted by Crippen LogP contribution is 2.21. The number of nitrogens with zero attached hydrogens (tertiary/aromatic N) is 2. The summed E-state index contributed by atoms with van der Waals surface area (Å²) in [6.45, 7) is 1.85. The molecule has 0 aliphatic carbocycles. The third-order valence-corrected chi connectivity index (χ3v) is 4.42. The van der Waals surface area contributed by atoms with E-state index in [-0.39, 0.29) is 5.56 Å². The van der Waals surface area contributed by atoms with Gasteiger partial charge in [-0.15, -0.1) is 0 Å². The Balaban J connectivity index is 2.42. The molecule has 6 heteroatoms. The van der Waals surface area contributed by atoms with Crippen molar-refractivity contribution in [1.29, 1.82) is 0 Å². The summed E-state index contributed by atoms with van der Waals surface area (Å²) in [5, 5.41) is 0. The highest BCUT2D eigenvalue weighted by molar-refractivity contribution is 9.10.